The molecule has 192 valence electrons. The molecule has 0 spiro atoms. The molecule has 0 atom stereocenters. The number of nitrogens with zero attached hydrogens (tertiary/aromatic N) is 1. The minimum absolute atomic E-state index is 0.260. The number of benzene rings is 4. The average Bonchev–Trinajstić information content (AvgIpc) is 3.18. The number of methoxy groups -OCH3 is 1. The summed E-state index contributed by atoms with van der Waals surface area (Å²) in [6.45, 7) is 2.76. The first-order chi connectivity index (χ1) is 18.5. The number of hydrogen-bond acceptors (Lipinski definition) is 6. The molecular weight excluding hydrogens is 514 g/mol. The van der Waals surface area contributed by atoms with Gasteiger partial charge in [-0.25, -0.2) is 0 Å². The number of imide groups is 1. The van der Waals surface area contributed by atoms with E-state index < -0.39 is 0 Å². The molecule has 1 saturated heterocycles. The van der Waals surface area contributed by atoms with Gasteiger partial charge in [0.2, 0.25) is 0 Å². The van der Waals surface area contributed by atoms with Crippen LogP contribution in [0.4, 0.5) is 4.79 Å². The number of carbonyl (C=O) groups excluding carboxylic acids is 2. The molecule has 0 N–H and O–H groups in total. The van der Waals surface area contributed by atoms with E-state index in [2.05, 4.69) is 36.4 Å². The summed E-state index contributed by atoms with van der Waals surface area (Å²) in [5.74, 6) is 1.71. The molecule has 1 aliphatic heterocycles. The largest absolute Gasteiger partial charge is 0.493 e. The van der Waals surface area contributed by atoms with E-state index >= 15 is 0 Å². The number of carbonyl (C=O) groups is 2. The molecule has 7 heteroatoms. The van der Waals surface area contributed by atoms with E-state index in [9.17, 15) is 9.59 Å². The van der Waals surface area contributed by atoms with Crippen molar-refractivity contribution >= 4 is 51.5 Å². The van der Waals surface area contributed by atoms with Crippen molar-refractivity contribution in [2.24, 2.45) is 0 Å². The van der Waals surface area contributed by atoms with E-state index in [0.29, 0.717) is 23.0 Å². The van der Waals surface area contributed by atoms with E-state index in [1.54, 1.807) is 24.9 Å². The van der Waals surface area contributed by atoms with Crippen molar-refractivity contribution in [2.45, 2.75) is 18.4 Å². The normalized spacial score (nSPS) is 14.5. The quantitative estimate of drug-likeness (QED) is 0.124. The Kier molecular flexibility index (Phi) is 8.05. The number of thioether (sulfide) groups is 2. The van der Waals surface area contributed by atoms with Crippen LogP contribution < -0.4 is 9.47 Å². The Morgan fingerprint density at radius 1 is 0.921 bits per heavy atom. The zero-order valence-corrected chi connectivity index (χ0v) is 22.8. The van der Waals surface area contributed by atoms with E-state index in [4.69, 9.17) is 9.47 Å². The number of aryl methyl sites for hydroxylation is 1. The second kappa shape index (κ2) is 11.8. The van der Waals surface area contributed by atoms with E-state index in [-0.39, 0.29) is 17.7 Å². The summed E-state index contributed by atoms with van der Waals surface area (Å²) >= 11 is 2.71. The molecule has 4 aromatic carbocycles. The molecular formula is C31H27NO4S2. The first-order valence-electron chi connectivity index (χ1n) is 12.2. The van der Waals surface area contributed by atoms with Gasteiger partial charge in [-0.2, -0.15) is 0 Å². The minimum atomic E-state index is -0.286. The summed E-state index contributed by atoms with van der Waals surface area (Å²) in [5, 5.41) is 2.20. The van der Waals surface area contributed by atoms with Crippen LogP contribution >= 0.6 is 23.5 Å². The van der Waals surface area contributed by atoms with Crippen molar-refractivity contribution in [3.05, 3.63) is 107 Å². The third kappa shape index (κ3) is 5.90. The predicted octanol–water partition coefficient (Wildman–Crippen LogP) is 7.56. The maximum absolute atomic E-state index is 13.0. The molecule has 1 heterocycles. The summed E-state index contributed by atoms with van der Waals surface area (Å²) in [4.78, 5) is 28.4. The maximum Gasteiger partial charge on any atom is 0.293 e. The van der Waals surface area contributed by atoms with Gasteiger partial charge in [0.25, 0.3) is 11.1 Å². The second-order valence-corrected chi connectivity index (χ2v) is 11.0. The van der Waals surface area contributed by atoms with Crippen LogP contribution in [0.25, 0.3) is 16.8 Å². The van der Waals surface area contributed by atoms with Crippen LogP contribution in [-0.4, -0.2) is 35.5 Å². The Balaban J connectivity index is 1.22. The van der Waals surface area contributed by atoms with Gasteiger partial charge in [-0.1, -0.05) is 72.3 Å². The molecule has 0 radical (unpaired) electrons. The summed E-state index contributed by atoms with van der Waals surface area (Å²) in [7, 11) is 1.59. The highest BCUT2D eigenvalue weighted by Crippen LogP contribution is 2.35. The predicted molar refractivity (Wildman–Crippen MR) is 156 cm³/mol. The Hall–Kier alpha value is -3.68. The fraction of sp³-hybridized carbons (Fsp3) is 0.161. The third-order valence-corrected chi connectivity index (χ3v) is 8.08. The number of rotatable bonds is 9. The molecule has 4 aromatic rings. The summed E-state index contributed by atoms with van der Waals surface area (Å²) in [6.07, 6.45) is 1.73. The van der Waals surface area contributed by atoms with Gasteiger partial charge in [-0.15, -0.1) is 11.8 Å². The fourth-order valence-electron chi connectivity index (χ4n) is 4.30. The monoisotopic (exact) mass is 541 g/mol. The number of hydrogen-bond donors (Lipinski definition) is 0. The zero-order valence-electron chi connectivity index (χ0n) is 21.2. The first-order valence-corrected chi connectivity index (χ1v) is 14.0. The lowest BCUT2D eigenvalue weighted by Gasteiger charge is -2.13. The Labute approximate surface area is 230 Å². The molecule has 5 rings (SSSR count). The van der Waals surface area contributed by atoms with Crippen LogP contribution in [0.2, 0.25) is 0 Å². The van der Waals surface area contributed by atoms with Crippen molar-refractivity contribution in [3.63, 3.8) is 0 Å². The second-order valence-electron chi connectivity index (χ2n) is 8.84. The summed E-state index contributed by atoms with van der Waals surface area (Å²) in [5.41, 5.74) is 2.78. The third-order valence-electron chi connectivity index (χ3n) is 6.13. The number of fused-ring (bicyclic) bond motifs is 1. The fourth-order valence-corrected chi connectivity index (χ4v) is 6.04. The SMILES string of the molecule is COc1cc(/C=C2\SC(=O)N(Cc3cccc(C)c3)C2=O)ccc1OCCSc1cccc2ccccc12. The molecule has 0 aliphatic carbocycles. The van der Waals surface area contributed by atoms with Gasteiger partial charge in [0.15, 0.2) is 11.5 Å². The average molecular weight is 542 g/mol. The van der Waals surface area contributed by atoms with Crippen molar-refractivity contribution in [3.8, 4) is 11.5 Å². The Morgan fingerprint density at radius 3 is 2.58 bits per heavy atom. The first kappa shape index (κ1) is 25.9. The molecule has 5 nitrogen and oxygen atoms in total. The molecule has 0 saturated carbocycles. The topological polar surface area (TPSA) is 55.8 Å². The molecule has 0 bridgehead atoms. The standard InChI is InChI=1S/C31H27NO4S2/c1-21-7-5-8-23(17-21)20-32-30(33)29(38-31(32)34)19-22-13-14-26(27(18-22)35-2)36-15-16-37-28-12-6-10-24-9-3-4-11-25(24)28/h3-14,17-19H,15-16,20H2,1-2H3/b29-19-. The minimum Gasteiger partial charge on any atom is -0.493 e. The molecule has 2 amide bonds. The number of ether oxygens (including phenoxy) is 2. The lowest BCUT2D eigenvalue weighted by Crippen LogP contribution is -2.27. The van der Waals surface area contributed by atoms with Crippen molar-refractivity contribution < 1.29 is 19.1 Å². The molecule has 0 unspecified atom stereocenters. The van der Waals surface area contributed by atoms with Gasteiger partial charge in [-0.05, 0) is 64.9 Å². The lowest BCUT2D eigenvalue weighted by molar-refractivity contribution is -0.123. The van der Waals surface area contributed by atoms with Crippen LogP contribution in [0.15, 0.2) is 94.7 Å². The molecule has 1 aliphatic rings. The highest BCUT2D eigenvalue weighted by Gasteiger charge is 2.35. The van der Waals surface area contributed by atoms with Crippen LogP contribution in [0.3, 0.4) is 0 Å². The van der Waals surface area contributed by atoms with Gasteiger partial charge < -0.3 is 9.47 Å². The smallest absolute Gasteiger partial charge is 0.293 e. The molecule has 38 heavy (non-hydrogen) atoms. The van der Waals surface area contributed by atoms with Crippen LogP contribution in [0.5, 0.6) is 11.5 Å². The van der Waals surface area contributed by atoms with Crippen molar-refractivity contribution in [1.29, 1.82) is 0 Å². The van der Waals surface area contributed by atoms with E-state index in [1.807, 2.05) is 55.5 Å². The Bertz CT molecular complexity index is 1530. The number of amides is 2. The molecule has 0 aromatic heterocycles. The van der Waals surface area contributed by atoms with Crippen LogP contribution in [0.1, 0.15) is 16.7 Å². The van der Waals surface area contributed by atoms with Crippen LogP contribution in [-0.2, 0) is 11.3 Å². The zero-order chi connectivity index (χ0) is 26.5. The van der Waals surface area contributed by atoms with Crippen molar-refractivity contribution in [1.82, 2.24) is 4.90 Å². The highest BCUT2D eigenvalue weighted by molar-refractivity contribution is 8.18. The van der Waals surface area contributed by atoms with E-state index in [1.165, 1.54) is 20.6 Å². The summed E-state index contributed by atoms with van der Waals surface area (Å²) in [6, 6.07) is 28.0. The Morgan fingerprint density at radius 2 is 1.74 bits per heavy atom. The maximum atomic E-state index is 13.0. The van der Waals surface area contributed by atoms with Crippen molar-refractivity contribution in [2.75, 3.05) is 19.5 Å². The van der Waals surface area contributed by atoms with Crippen LogP contribution in [0, 0.1) is 6.92 Å². The summed E-state index contributed by atoms with van der Waals surface area (Å²) < 4.78 is 11.6. The van der Waals surface area contributed by atoms with Gasteiger partial charge in [0.1, 0.15) is 0 Å². The van der Waals surface area contributed by atoms with Gasteiger partial charge in [0.05, 0.1) is 25.2 Å². The van der Waals surface area contributed by atoms with Gasteiger partial charge in [-0.3, -0.25) is 14.5 Å². The molecule has 1 fully saturated rings. The highest BCUT2D eigenvalue weighted by atomic mass is 32.2. The van der Waals surface area contributed by atoms with Gasteiger partial charge in [0, 0.05) is 10.6 Å². The van der Waals surface area contributed by atoms with E-state index in [0.717, 1.165) is 34.2 Å². The van der Waals surface area contributed by atoms with Gasteiger partial charge >= 0.3 is 0 Å². The lowest BCUT2D eigenvalue weighted by atomic mass is 10.1.